The van der Waals surface area contributed by atoms with Crippen molar-refractivity contribution in [2.75, 3.05) is 68.1 Å². The Balaban J connectivity index is 2.09. The minimum Gasteiger partial charge on any atom is -0.493 e. The number of carbonyl (C=O) groups excluding carboxylic acids is 2. The van der Waals surface area contributed by atoms with Crippen LogP contribution in [0.15, 0.2) is 53.3 Å². The van der Waals surface area contributed by atoms with Gasteiger partial charge in [-0.2, -0.15) is 0 Å². The predicted molar refractivity (Wildman–Crippen MR) is 186 cm³/mol. The molecule has 1 amide bonds. The Hall–Kier alpha value is -5.43. The number of fused-ring (bicyclic) bond motifs is 1. The molecule has 0 aliphatic rings. The van der Waals surface area contributed by atoms with E-state index in [1.807, 2.05) is 19.0 Å². The van der Waals surface area contributed by atoms with E-state index >= 15 is 0 Å². The number of likely N-dealkylation sites (N-methyl/N-ethyl adjacent to an activating group) is 1. The molecule has 262 valence electrons. The van der Waals surface area contributed by atoms with Crippen LogP contribution in [0.5, 0.6) is 28.7 Å². The molecule has 13 nitrogen and oxygen atoms in total. The van der Waals surface area contributed by atoms with Crippen molar-refractivity contribution in [3.63, 3.8) is 0 Å². The summed E-state index contributed by atoms with van der Waals surface area (Å²) in [6.07, 6.45) is -0.640. The maximum atomic E-state index is 14.5. The van der Waals surface area contributed by atoms with Crippen molar-refractivity contribution in [1.29, 1.82) is 0 Å². The molecular weight excluding hydrogens is 634 g/mol. The summed E-state index contributed by atoms with van der Waals surface area (Å²) in [5.41, 5.74) is 0.220. The molecule has 4 aromatic rings. The third kappa shape index (κ3) is 8.00. The Morgan fingerprint density at radius 2 is 1.39 bits per heavy atom. The van der Waals surface area contributed by atoms with E-state index < -0.39 is 23.2 Å². The molecule has 0 saturated carbocycles. The average Bonchev–Trinajstić information content (AvgIpc) is 3.06. The molecule has 0 unspecified atom stereocenters. The van der Waals surface area contributed by atoms with Crippen molar-refractivity contribution in [2.45, 2.75) is 26.4 Å². The highest BCUT2D eigenvalue weighted by Gasteiger charge is 2.28. The molecule has 0 spiro atoms. The van der Waals surface area contributed by atoms with E-state index in [0.717, 1.165) is 0 Å². The van der Waals surface area contributed by atoms with E-state index in [4.69, 9.17) is 33.2 Å². The number of nitrogens with one attached hydrogen (secondary N) is 1. The Kier molecular flexibility index (Phi) is 11.3. The van der Waals surface area contributed by atoms with Crippen molar-refractivity contribution in [1.82, 2.24) is 9.47 Å². The summed E-state index contributed by atoms with van der Waals surface area (Å²) in [6.45, 7) is 6.23. The Labute approximate surface area is 285 Å². The highest BCUT2D eigenvalue weighted by atomic mass is 16.6. The SMILES string of the molecule is COC(=O)c1c(-c2cc(OC)c(OC)c(OC)c2)c2cc(OC)c(OCCN(C)C)cc2c(=O)n1-c1ccc(NC(=O)OC(C)(C)C)cc1. The average molecular weight is 678 g/mol. The first-order valence-electron chi connectivity index (χ1n) is 15.3. The zero-order chi connectivity index (χ0) is 36.0. The van der Waals surface area contributed by atoms with Gasteiger partial charge in [-0.3, -0.25) is 14.7 Å². The number of nitrogens with zero attached hydrogens (tertiary/aromatic N) is 2. The van der Waals surface area contributed by atoms with Gasteiger partial charge in [-0.1, -0.05) is 0 Å². The van der Waals surface area contributed by atoms with Crippen molar-refractivity contribution in [3.05, 3.63) is 64.6 Å². The van der Waals surface area contributed by atoms with Crippen LogP contribution in [-0.4, -0.2) is 89.9 Å². The number of rotatable bonds is 12. The molecule has 3 aromatic carbocycles. The van der Waals surface area contributed by atoms with Gasteiger partial charge in [0, 0.05) is 28.9 Å². The molecule has 1 aromatic heterocycles. The van der Waals surface area contributed by atoms with E-state index in [9.17, 15) is 14.4 Å². The fraction of sp³-hybridized carbons (Fsp3) is 0.361. The molecule has 0 saturated heterocycles. The second kappa shape index (κ2) is 15.2. The van der Waals surface area contributed by atoms with Crippen LogP contribution >= 0.6 is 0 Å². The van der Waals surface area contributed by atoms with Crippen LogP contribution in [0.25, 0.3) is 27.6 Å². The normalized spacial score (nSPS) is 11.2. The number of hydrogen-bond donors (Lipinski definition) is 1. The zero-order valence-electron chi connectivity index (χ0n) is 29.5. The van der Waals surface area contributed by atoms with Crippen LogP contribution < -0.4 is 34.6 Å². The Morgan fingerprint density at radius 3 is 1.90 bits per heavy atom. The lowest BCUT2D eigenvalue weighted by molar-refractivity contribution is 0.0589. The van der Waals surface area contributed by atoms with Crippen molar-refractivity contribution in [3.8, 4) is 45.6 Å². The Morgan fingerprint density at radius 1 is 0.796 bits per heavy atom. The minimum absolute atomic E-state index is 0.0783. The molecule has 13 heteroatoms. The highest BCUT2D eigenvalue weighted by Crippen LogP contribution is 2.45. The Bertz CT molecular complexity index is 1870. The first-order chi connectivity index (χ1) is 23.3. The van der Waals surface area contributed by atoms with Crippen LogP contribution in [0.1, 0.15) is 31.3 Å². The quantitative estimate of drug-likeness (QED) is 0.183. The number of benzene rings is 3. The van der Waals surface area contributed by atoms with Gasteiger partial charge in [-0.05, 0) is 89.0 Å². The molecule has 0 bridgehead atoms. The fourth-order valence-corrected chi connectivity index (χ4v) is 5.18. The summed E-state index contributed by atoms with van der Waals surface area (Å²) < 4.78 is 40.5. The topological polar surface area (TPSA) is 136 Å². The molecule has 0 fully saturated rings. The number of pyridine rings is 1. The number of hydrogen-bond acceptors (Lipinski definition) is 11. The van der Waals surface area contributed by atoms with Gasteiger partial charge in [0.25, 0.3) is 5.56 Å². The molecule has 0 aliphatic heterocycles. The lowest BCUT2D eigenvalue weighted by atomic mass is 9.95. The van der Waals surface area contributed by atoms with Crippen molar-refractivity contribution >= 4 is 28.5 Å². The fourth-order valence-electron chi connectivity index (χ4n) is 5.18. The van der Waals surface area contributed by atoms with E-state index in [0.29, 0.717) is 69.8 Å². The van der Waals surface area contributed by atoms with Crippen molar-refractivity contribution in [2.24, 2.45) is 0 Å². The standard InChI is InChI=1S/C36H43N3O10/c1-36(2,3)49-35(42)37-22-11-13-23(14-12-22)39-31(34(41)47-10)30(21-17-28(44-7)32(46-9)29(18-21)45-8)24-19-26(43-6)27(20-25(24)33(39)40)48-16-15-38(4)5/h11-14,17-20H,15-16H2,1-10H3,(H,37,42). The van der Waals surface area contributed by atoms with E-state index in [-0.39, 0.29) is 11.1 Å². The highest BCUT2D eigenvalue weighted by molar-refractivity contribution is 6.08. The largest absolute Gasteiger partial charge is 0.493 e. The van der Waals surface area contributed by atoms with Gasteiger partial charge in [0.05, 0.1) is 40.9 Å². The summed E-state index contributed by atoms with van der Waals surface area (Å²) in [6, 6.07) is 13.0. The second-order valence-electron chi connectivity index (χ2n) is 12.1. The summed E-state index contributed by atoms with van der Waals surface area (Å²) in [5, 5.41) is 3.29. The molecule has 0 aliphatic carbocycles. The number of ether oxygens (including phenoxy) is 7. The van der Waals surface area contributed by atoms with Gasteiger partial charge in [-0.15, -0.1) is 0 Å². The number of esters is 1. The molecule has 0 radical (unpaired) electrons. The van der Waals surface area contributed by atoms with E-state index in [1.54, 1.807) is 69.3 Å². The van der Waals surface area contributed by atoms with E-state index in [2.05, 4.69) is 5.32 Å². The lowest BCUT2D eigenvalue weighted by Gasteiger charge is -2.22. The third-order valence-corrected chi connectivity index (χ3v) is 7.37. The summed E-state index contributed by atoms with van der Waals surface area (Å²) in [7, 11) is 11.0. The number of methoxy groups -OCH3 is 5. The van der Waals surface area contributed by atoms with Gasteiger partial charge in [0.1, 0.15) is 17.9 Å². The maximum absolute atomic E-state index is 14.5. The third-order valence-electron chi connectivity index (χ3n) is 7.37. The van der Waals surface area contributed by atoms with E-state index in [1.165, 1.54) is 40.1 Å². The van der Waals surface area contributed by atoms with Crippen LogP contribution in [0, 0.1) is 0 Å². The summed E-state index contributed by atoms with van der Waals surface area (Å²) >= 11 is 0. The molecular formula is C36H43N3O10. The number of anilines is 1. The monoisotopic (exact) mass is 677 g/mol. The van der Waals surface area contributed by atoms with Crippen LogP contribution in [0.4, 0.5) is 10.5 Å². The minimum atomic E-state index is -0.788. The predicted octanol–water partition coefficient (Wildman–Crippen LogP) is 5.77. The number of carbonyl (C=O) groups is 2. The summed E-state index contributed by atoms with van der Waals surface area (Å²) in [4.78, 5) is 42.7. The zero-order valence-corrected chi connectivity index (χ0v) is 29.5. The van der Waals surface area contributed by atoms with Gasteiger partial charge < -0.3 is 38.1 Å². The smallest absolute Gasteiger partial charge is 0.412 e. The molecule has 4 rings (SSSR count). The first-order valence-corrected chi connectivity index (χ1v) is 15.3. The second-order valence-corrected chi connectivity index (χ2v) is 12.1. The lowest BCUT2D eigenvalue weighted by Crippen LogP contribution is -2.28. The molecule has 49 heavy (non-hydrogen) atoms. The van der Waals surface area contributed by atoms with Gasteiger partial charge in [-0.25, -0.2) is 9.59 Å². The summed E-state index contributed by atoms with van der Waals surface area (Å²) in [5.74, 6) is 0.903. The van der Waals surface area contributed by atoms with Crippen LogP contribution in [0.3, 0.4) is 0 Å². The molecule has 0 atom stereocenters. The van der Waals surface area contributed by atoms with Crippen LogP contribution in [0.2, 0.25) is 0 Å². The number of amides is 1. The number of aromatic nitrogens is 1. The van der Waals surface area contributed by atoms with Gasteiger partial charge in [0.15, 0.2) is 23.0 Å². The molecule has 1 N–H and O–H groups in total. The van der Waals surface area contributed by atoms with Gasteiger partial charge in [0.2, 0.25) is 5.75 Å². The van der Waals surface area contributed by atoms with Crippen molar-refractivity contribution < 1.29 is 42.7 Å². The maximum Gasteiger partial charge on any atom is 0.412 e. The molecule has 1 heterocycles. The van der Waals surface area contributed by atoms with Crippen LogP contribution in [-0.2, 0) is 9.47 Å². The van der Waals surface area contributed by atoms with Gasteiger partial charge >= 0.3 is 12.1 Å². The first kappa shape index (κ1) is 36.4.